The highest BCUT2D eigenvalue weighted by molar-refractivity contribution is 6.38. The number of halogens is 4. The molecule has 1 rings (SSSR count). The summed E-state index contributed by atoms with van der Waals surface area (Å²) in [6.45, 7) is 0. The Hall–Kier alpha value is 1.16. The largest absolute Gasteiger partial charge is 0.121 e. The van der Waals surface area contributed by atoms with Crippen molar-refractivity contribution in [1.82, 2.24) is 0 Å². The number of alkyl halides is 4. The molecule has 0 aromatic heterocycles. The Labute approximate surface area is 80.8 Å². The molecule has 1 aliphatic rings. The van der Waals surface area contributed by atoms with Crippen LogP contribution in [-0.4, -0.2) is 21.5 Å². The minimum atomic E-state index is -0.181. The average Bonchev–Trinajstić information content (AvgIpc) is 1.93. The van der Waals surface area contributed by atoms with Gasteiger partial charge in [-0.25, -0.2) is 0 Å². The van der Waals surface area contributed by atoms with E-state index in [2.05, 4.69) is 0 Å². The van der Waals surface area contributed by atoms with Crippen molar-refractivity contribution < 1.29 is 0 Å². The van der Waals surface area contributed by atoms with Crippen molar-refractivity contribution in [3.63, 3.8) is 0 Å². The SMILES string of the molecule is ClC1CCC(Cl)C(Cl)C1Cl. The Morgan fingerprint density at radius 1 is 0.700 bits per heavy atom. The van der Waals surface area contributed by atoms with Gasteiger partial charge in [0.25, 0.3) is 0 Å². The van der Waals surface area contributed by atoms with Gasteiger partial charge in [0.2, 0.25) is 0 Å². The summed E-state index contributed by atoms with van der Waals surface area (Å²) in [5.74, 6) is 0. The first-order valence-electron chi connectivity index (χ1n) is 3.19. The molecule has 60 valence electrons. The van der Waals surface area contributed by atoms with E-state index >= 15 is 0 Å². The molecule has 0 aromatic rings. The van der Waals surface area contributed by atoms with Gasteiger partial charge in [-0.15, -0.1) is 46.4 Å². The van der Waals surface area contributed by atoms with Crippen LogP contribution >= 0.6 is 46.4 Å². The molecule has 4 heteroatoms. The number of hydrogen-bond donors (Lipinski definition) is 0. The fourth-order valence-electron chi connectivity index (χ4n) is 1.04. The summed E-state index contributed by atoms with van der Waals surface area (Å²) in [4.78, 5) is 0. The molecule has 0 aromatic carbocycles. The van der Waals surface area contributed by atoms with Crippen molar-refractivity contribution in [2.24, 2.45) is 0 Å². The molecule has 0 amide bonds. The normalized spacial score (nSPS) is 49.2. The first-order valence-corrected chi connectivity index (χ1v) is 4.94. The highest BCUT2D eigenvalue weighted by Crippen LogP contribution is 2.34. The van der Waals surface area contributed by atoms with E-state index in [1.54, 1.807) is 0 Å². The topological polar surface area (TPSA) is 0 Å². The summed E-state index contributed by atoms with van der Waals surface area (Å²) in [5.41, 5.74) is 0. The predicted molar refractivity (Wildman–Crippen MR) is 47.8 cm³/mol. The second-order valence-corrected chi connectivity index (χ2v) is 4.63. The molecule has 0 spiro atoms. The van der Waals surface area contributed by atoms with Gasteiger partial charge < -0.3 is 0 Å². The zero-order valence-electron chi connectivity index (χ0n) is 5.24. The summed E-state index contributed by atoms with van der Waals surface area (Å²) in [5, 5.41) is -0.391. The Kier molecular flexibility index (Phi) is 3.43. The van der Waals surface area contributed by atoms with Gasteiger partial charge in [-0.3, -0.25) is 0 Å². The molecule has 0 saturated heterocycles. The summed E-state index contributed by atoms with van der Waals surface area (Å²) in [6, 6.07) is 0. The third-order valence-corrected chi connectivity index (χ3v) is 4.23. The van der Waals surface area contributed by atoms with Gasteiger partial charge in [0.05, 0.1) is 21.5 Å². The molecule has 0 aliphatic heterocycles. The first-order chi connectivity index (χ1) is 4.63. The second kappa shape index (κ2) is 3.71. The van der Waals surface area contributed by atoms with Crippen molar-refractivity contribution in [2.45, 2.75) is 34.3 Å². The lowest BCUT2D eigenvalue weighted by molar-refractivity contribution is 0.531. The predicted octanol–water partition coefficient (Wildman–Crippen LogP) is 3.21. The summed E-state index contributed by atoms with van der Waals surface area (Å²) in [7, 11) is 0. The van der Waals surface area contributed by atoms with Crippen LogP contribution in [0.4, 0.5) is 0 Å². The third kappa shape index (κ3) is 1.85. The summed E-state index contributed by atoms with van der Waals surface area (Å²) in [6.07, 6.45) is 1.74. The van der Waals surface area contributed by atoms with Crippen molar-refractivity contribution in [1.29, 1.82) is 0 Å². The molecular weight excluding hydrogens is 214 g/mol. The van der Waals surface area contributed by atoms with Crippen molar-refractivity contribution in [2.75, 3.05) is 0 Å². The Morgan fingerprint density at radius 3 is 1.30 bits per heavy atom. The fraction of sp³-hybridized carbons (Fsp3) is 1.00. The molecule has 0 N–H and O–H groups in total. The van der Waals surface area contributed by atoms with Gasteiger partial charge in [-0.05, 0) is 12.8 Å². The van der Waals surface area contributed by atoms with Gasteiger partial charge in [-0.2, -0.15) is 0 Å². The average molecular weight is 222 g/mol. The van der Waals surface area contributed by atoms with Crippen LogP contribution in [0.15, 0.2) is 0 Å². The molecule has 1 fully saturated rings. The lowest BCUT2D eigenvalue weighted by Gasteiger charge is -2.30. The quantitative estimate of drug-likeness (QED) is 0.552. The van der Waals surface area contributed by atoms with Crippen LogP contribution in [0.3, 0.4) is 0 Å². The molecule has 10 heavy (non-hydrogen) atoms. The lowest BCUT2D eigenvalue weighted by Crippen LogP contribution is -2.37. The van der Waals surface area contributed by atoms with Gasteiger partial charge in [0.15, 0.2) is 0 Å². The van der Waals surface area contributed by atoms with E-state index in [0.29, 0.717) is 0 Å². The Morgan fingerprint density at radius 2 is 1.00 bits per heavy atom. The van der Waals surface area contributed by atoms with E-state index in [1.165, 1.54) is 0 Å². The zero-order chi connectivity index (χ0) is 7.72. The van der Waals surface area contributed by atoms with Crippen LogP contribution in [0.2, 0.25) is 0 Å². The smallest absolute Gasteiger partial charge is 0.0677 e. The number of hydrogen-bond acceptors (Lipinski definition) is 0. The first kappa shape index (κ1) is 9.25. The third-order valence-electron chi connectivity index (χ3n) is 1.71. The Balaban J connectivity index is 2.52. The molecule has 0 nitrogen and oxygen atoms in total. The van der Waals surface area contributed by atoms with Crippen LogP contribution in [-0.2, 0) is 0 Å². The fourth-order valence-corrected chi connectivity index (χ4v) is 2.35. The standard InChI is InChI=1S/C6H8Cl4/c7-3-1-2-4(8)6(10)5(3)9/h3-6H,1-2H2. The molecule has 0 radical (unpaired) electrons. The van der Waals surface area contributed by atoms with E-state index in [-0.39, 0.29) is 21.5 Å². The highest BCUT2D eigenvalue weighted by Gasteiger charge is 2.35. The van der Waals surface area contributed by atoms with E-state index in [9.17, 15) is 0 Å². The molecular formula is C6H8Cl4. The van der Waals surface area contributed by atoms with Gasteiger partial charge in [-0.1, -0.05) is 0 Å². The zero-order valence-corrected chi connectivity index (χ0v) is 8.26. The summed E-state index contributed by atoms with van der Waals surface area (Å²) >= 11 is 23.4. The van der Waals surface area contributed by atoms with Crippen LogP contribution in [0.25, 0.3) is 0 Å². The monoisotopic (exact) mass is 220 g/mol. The molecule has 1 saturated carbocycles. The molecule has 4 atom stereocenters. The lowest BCUT2D eigenvalue weighted by atomic mass is 9.99. The van der Waals surface area contributed by atoms with Gasteiger partial charge in [0.1, 0.15) is 0 Å². The van der Waals surface area contributed by atoms with Gasteiger partial charge >= 0.3 is 0 Å². The minimum absolute atomic E-state index is 0.0147. The van der Waals surface area contributed by atoms with Crippen LogP contribution in [0, 0.1) is 0 Å². The van der Waals surface area contributed by atoms with Crippen molar-refractivity contribution >= 4 is 46.4 Å². The molecule has 0 heterocycles. The maximum absolute atomic E-state index is 5.86. The van der Waals surface area contributed by atoms with E-state index in [0.717, 1.165) is 12.8 Å². The van der Waals surface area contributed by atoms with Crippen LogP contribution < -0.4 is 0 Å². The molecule has 0 bridgehead atoms. The molecule has 1 aliphatic carbocycles. The van der Waals surface area contributed by atoms with E-state index in [1.807, 2.05) is 0 Å². The minimum Gasteiger partial charge on any atom is -0.121 e. The number of rotatable bonds is 0. The molecule has 4 unspecified atom stereocenters. The second-order valence-electron chi connectivity index (χ2n) is 2.50. The van der Waals surface area contributed by atoms with Crippen molar-refractivity contribution in [3.05, 3.63) is 0 Å². The summed E-state index contributed by atoms with van der Waals surface area (Å²) < 4.78 is 0. The van der Waals surface area contributed by atoms with Gasteiger partial charge in [0, 0.05) is 0 Å². The maximum atomic E-state index is 5.86. The highest BCUT2D eigenvalue weighted by atomic mass is 35.5. The van der Waals surface area contributed by atoms with Crippen LogP contribution in [0.1, 0.15) is 12.8 Å². The van der Waals surface area contributed by atoms with E-state index < -0.39 is 0 Å². The maximum Gasteiger partial charge on any atom is 0.0677 e. The van der Waals surface area contributed by atoms with Crippen molar-refractivity contribution in [3.8, 4) is 0 Å². The van der Waals surface area contributed by atoms with E-state index in [4.69, 9.17) is 46.4 Å². The Bertz CT molecular complexity index is 102. The van der Waals surface area contributed by atoms with Crippen LogP contribution in [0.5, 0.6) is 0 Å².